The normalized spacial score (nSPS) is 13.8. The zero-order valence-electron chi connectivity index (χ0n) is 17.1. The molecule has 0 atom stereocenters. The molecule has 1 saturated heterocycles. The summed E-state index contributed by atoms with van der Waals surface area (Å²) in [4.78, 5) is 17.4. The number of nitrogens with zero attached hydrogens (tertiary/aromatic N) is 2. The standard InChI is InChI=1S/C25H20ClN3O2S/c26-20-13-19(24-23-4-2-1-3-17(23)9-10-27-24)14-21(15-20)28-25(30)18-5-7-22(8-6-18)29-16-31-11-12-32-29/h1-10,13-15H,11-12,16H2,(H,28,30). The first kappa shape index (κ1) is 20.8. The van der Waals surface area contributed by atoms with Crippen molar-refractivity contribution in [2.24, 2.45) is 0 Å². The van der Waals surface area contributed by atoms with Crippen molar-refractivity contribution in [3.63, 3.8) is 0 Å². The number of carbonyl (C=O) groups is 1. The van der Waals surface area contributed by atoms with Gasteiger partial charge in [-0.3, -0.25) is 14.1 Å². The number of rotatable bonds is 4. The fraction of sp³-hybridized carbons (Fsp3) is 0.120. The number of aromatic nitrogens is 1. The van der Waals surface area contributed by atoms with Gasteiger partial charge in [-0.15, -0.1) is 0 Å². The zero-order valence-corrected chi connectivity index (χ0v) is 18.7. The molecule has 160 valence electrons. The van der Waals surface area contributed by atoms with Gasteiger partial charge in [0.25, 0.3) is 5.91 Å². The molecule has 1 N–H and O–H groups in total. The topological polar surface area (TPSA) is 54.5 Å². The molecule has 0 bridgehead atoms. The van der Waals surface area contributed by atoms with Crippen molar-refractivity contribution in [1.29, 1.82) is 0 Å². The summed E-state index contributed by atoms with van der Waals surface area (Å²) in [5.41, 5.74) is 3.88. The summed E-state index contributed by atoms with van der Waals surface area (Å²) in [6.45, 7) is 1.31. The second-order valence-corrected chi connectivity index (χ2v) is 8.90. The molecular weight excluding hydrogens is 442 g/mol. The number of benzene rings is 3. The van der Waals surface area contributed by atoms with Crippen LogP contribution in [0, 0.1) is 0 Å². The lowest BCUT2D eigenvalue weighted by molar-refractivity contribution is 0.102. The van der Waals surface area contributed by atoms with Crippen molar-refractivity contribution in [2.75, 3.05) is 28.7 Å². The van der Waals surface area contributed by atoms with E-state index in [0.717, 1.165) is 40.1 Å². The average molecular weight is 462 g/mol. The molecule has 5 rings (SSSR count). The van der Waals surface area contributed by atoms with Gasteiger partial charge in [-0.1, -0.05) is 35.9 Å². The predicted octanol–water partition coefficient (Wildman–Crippen LogP) is 6.25. The van der Waals surface area contributed by atoms with Gasteiger partial charge < -0.3 is 10.1 Å². The van der Waals surface area contributed by atoms with Crippen molar-refractivity contribution in [1.82, 2.24) is 4.98 Å². The largest absolute Gasteiger partial charge is 0.359 e. The van der Waals surface area contributed by atoms with Gasteiger partial charge in [0.15, 0.2) is 0 Å². The van der Waals surface area contributed by atoms with Crippen LogP contribution in [0.3, 0.4) is 0 Å². The first-order valence-electron chi connectivity index (χ1n) is 10.2. The number of carbonyl (C=O) groups excluding carboxylic acids is 1. The zero-order chi connectivity index (χ0) is 21.9. The van der Waals surface area contributed by atoms with Crippen molar-refractivity contribution in [2.45, 2.75) is 0 Å². The number of anilines is 2. The Kier molecular flexibility index (Phi) is 5.99. The van der Waals surface area contributed by atoms with E-state index in [-0.39, 0.29) is 5.91 Å². The van der Waals surface area contributed by atoms with Crippen molar-refractivity contribution in [3.8, 4) is 11.3 Å². The van der Waals surface area contributed by atoms with Gasteiger partial charge in [-0.2, -0.15) is 0 Å². The minimum atomic E-state index is -0.196. The van der Waals surface area contributed by atoms with Gasteiger partial charge in [0.1, 0.15) is 6.73 Å². The van der Waals surface area contributed by atoms with E-state index in [1.165, 1.54) is 0 Å². The van der Waals surface area contributed by atoms with Crippen LogP contribution in [0.2, 0.25) is 5.02 Å². The maximum absolute atomic E-state index is 12.9. The van der Waals surface area contributed by atoms with Crippen LogP contribution in [0.25, 0.3) is 22.0 Å². The molecule has 1 aliphatic heterocycles. The Hall–Kier alpha value is -3.06. The maximum atomic E-state index is 12.9. The highest BCUT2D eigenvalue weighted by Gasteiger charge is 2.14. The number of pyridine rings is 1. The fourth-order valence-electron chi connectivity index (χ4n) is 3.67. The van der Waals surface area contributed by atoms with E-state index in [2.05, 4.69) is 14.6 Å². The van der Waals surface area contributed by atoms with E-state index < -0.39 is 0 Å². The quantitative estimate of drug-likeness (QED) is 0.364. The maximum Gasteiger partial charge on any atom is 0.255 e. The Morgan fingerprint density at radius 3 is 2.72 bits per heavy atom. The molecule has 0 saturated carbocycles. The molecule has 2 heterocycles. The molecule has 0 radical (unpaired) electrons. The van der Waals surface area contributed by atoms with E-state index in [1.807, 2.05) is 66.7 Å². The monoisotopic (exact) mass is 461 g/mol. The Labute approximate surface area is 195 Å². The molecule has 1 amide bonds. The fourth-order valence-corrected chi connectivity index (χ4v) is 4.74. The first-order valence-corrected chi connectivity index (χ1v) is 11.5. The molecule has 0 unspecified atom stereocenters. The van der Waals surface area contributed by atoms with Gasteiger partial charge >= 0.3 is 0 Å². The molecule has 5 nitrogen and oxygen atoms in total. The summed E-state index contributed by atoms with van der Waals surface area (Å²) in [7, 11) is 0. The molecule has 1 fully saturated rings. The minimum Gasteiger partial charge on any atom is -0.359 e. The lowest BCUT2D eigenvalue weighted by Gasteiger charge is -2.27. The number of halogens is 1. The van der Waals surface area contributed by atoms with E-state index in [1.54, 1.807) is 24.2 Å². The van der Waals surface area contributed by atoms with Crippen molar-refractivity contribution < 1.29 is 9.53 Å². The van der Waals surface area contributed by atoms with E-state index in [9.17, 15) is 4.79 Å². The van der Waals surface area contributed by atoms with Gasteiger partial charge in [-0.25, -0.2) is 0 Å². The van der Waals surface area contributed by atoms with Gasteiger partial charge in [0, 0.05) is 44.9 Å². The van der Waals surface area contributed by atoms with E-state index >= 15 is 0 Å². The van der Waals surface area contributed by atoms with Gasteiger partial charge in [0.05, 0.1) is 12.3 Å². The molecule has 32 heavy (non-hydrogen) atoms. The third-order valence-corrected chi connectivity index (χ3v) is 6.40. The summed E-state index contributed by atoms with van der Waals surface area (Å²) in [6.07, 6.45) is 1.78. The second kappa shape index (κ2) is 9.20. The van der Waals surface area contributed by atoms with Crippen LogP contribution in [0.1, 0.15) is 10.4 Å². The number of hydrogen-bond donors (Lipinski definition) is 1. The third kappa shape index (κ3) is 4.43. The van der Waals surface area contributed by atoms with E-state index in [0.29, 0.717) is 23.0 Å². The van der Waals surface area contributed by atoms with Crippen LogP contribution in [-0.2, 0) is 4.74 Å². The van der Waals surface area contributed by atoms with Crippen molar-refractivity contribution in [3.05, 3.63) is 89.6 Å². The summed E-state index contributed by atoms with van der Waals surface area (Å²) < 4.78 is 7.56. The third-order valence-electron chi connectivity index (χ3n) is 5.20. The number of hydrogen-bond acceptors (Lipinski definition) is 5. The van der Waals surface area contributed by atoms with Crippen LogP contribution in [0.4, 0.5) is 11.4 Å². The summed E-state index contributed by atoms with van der Waals surface area (Å²) >= 11 is 8.11. The molecule has 1 aliphatic rings. The van der Waals surface area contributed by atoms with Crippen LogP contribution in [0.15, 0.2) is 79.0 Å². The Morgan fingerprint density at radius 1 is 1.06 bits per heavy atom. The molecular formula is C25H20ClN3O2S. The van der Waals surface area contributed by atoms with Crippen LogP contribution in [0.5, 0.6) is 0 Å². The second-order valence-electron chi connectivity index (χ2n) is 7.36. The minimum absolute atomic E-state index is 0.196. The molecule has 0 aliphatic carbocycles. The Balaban J connectivity index is 1.39. The van der Waals surface area contributed by atoms with Gasteiger partial charge in [0.2, 0.25) is 0 Å². The van der Waals surface area contributed by atoms with Crippen LogP contribution >= 0.6 is 23.5 Å². The molecule has 0 spiro atoms. The number of ether oxygens (including phenoxy) is 1. The summed E-state index contributed by atoms with van der Waals surface area (Å²) in [5, 5.41) is 5.62. The van der Waals surface area contributed by atoms with Gasteiger partial charge in [-0.05, 0) is 65.9 Å². The average Bonchev–Trinajstić information content (AvgIpc) is 2.84. The highest BCUT2D eigenvalue weighted by molar-refractivity contribution is 8.00. The highest BCUT2D eigenvalue weighted by Crippen LogP contribution is 2.31. The lowest BCUT2D eigenvalue weighted by Crippen LogP contribution is -2.25. The molecule has 3 aromatic carbocycles. The Morgan fingerprint density at radius 2 is 1.91 bits per heavy atom. The van der Waals surface area contributed by atoms with E-state index in [4.69, 9.17) is 16.3 Å². The Bertz CT molecular complexity index is 1270. The molecule has 1 aromatic heterocycles. The number of fused-ring (bicyclic) bond motifs is 1. The summed E-state index contributed by atoms with van der Waals surface area (Å²) in [5.74, 6) is 0.725. The molecule has 7 heteroatoms. The van der Waals surface area contributed by atoms with Crippen LogP contribution < -0.4 is 9.62 Å². The first-order chi connectivity index (χ1) is 15.7. The van der Waals surface area contributed by atoms with Crippen LogP contribution in [-0.4, -0.2) is 30.0 Å². The highest BCUT2D eigenvalue weighted by atomic mass is 35.5. The lowest BCUT2D eigenvalue weighted by atomic mass is 10.0. The summed E-state index contributed by atoms with van der Waals surface area (Å²) in [6, 6.07) is 23.0. The predicted molar refractivity (Wildman–Crippen MR) is 132 cm³/mol. The number of nitrogens with one attached hydrogen (secondary N) is 1. The smallest absolute Gasteiger partial charge is 0.255 e. The molecule has 4 aromatic rings. The van der Waals surface area contributed by atoms with Crippen molar-refractivity contribution >= 4 is 51.6 Å². The SMILES string of the molecule is O=C(Nc1cc(Cl)cc(-c2nccc3ccccc23)c1)c1ccc(N2COCCS2)cc1. The number of amides is 1.